The number of aliphatic hydroxyl groups excluding tert-OH is 1. The molecule has 4 heteroatoms. The summed E-state index contributed by atoms with van der Waals surface area (Å²) in [4.78, 5) is 6.71. The first-order valence-corrected chi connectivity index (χ1v) is 6.50. The minimum Gasteiger partial charge on any atom is -0.497 e. The quantitative estimate of drug-likeness (QED) is 0.896. The van der Waals surface area contributed by atoms with Gasteiger partial charge in [-0.2, -0.15) is 0 Å². The van der Waals surface area contributed by atoms with Crippen molar-refractivity contribution in [1.82, 2.24) is 4.98 Å². The van der Waals surface area contributed by atoms with Crippen LogP contribution in [0.25, 0.3) is 10.9 Å². The molecule has 2 aromatic rings. The van der Waals surface area contributed by atoms with Crippen molar-refractivity contribution in [2.45, 2.75) is 13.8 Å². The number of benzene rings is 1. The highest BCUT2D eigenvalue weighted by molar-refractivity contribution is 5.92. The predicted octanol–water partition coefficient (Wildman–Crippen LogP) is 2.37. The number of anilines is 1. The number of aliphatic hydroxyl groups is 1. The minimum absolute atomic E-state index is 0.146. The Morgan fingerprint density at radius 2 is 2.11 bits per heavy atom. The number of methoxy groups -OCH3 is 1. The van der Waals surface area contributed by atoms with Crippen molar-refractivity contribution in [2.75, 3.05) is 31.7 Å². The number of aromatic nitrogens is 1. The number of rotatable bonds is 5. The van der Waals surface area contributed by atoms with Crippen LogP contribution in [0.3, 0.4) is 0 Å². The van der Waals surface area contributed by atoms with Crippen LogP contribution >= 0.6 is 0 Å². The van der Waals surface area contributed by atoms with Gasteiger partial charge in [0.15, 0.2) is 0 Å². The molecule has 0 aliphatic carbocycles. The molecule has 102 valence electrons. The number of nitrogens with zero attached hydrogens (tertiary/aromatic N) is 2. The minimum atomic E-state index is 0.146. The molecule has 0 radical (unpaired) electrons. The van der Waals surface area contributed by atoms with Gasteiger partial charge in [-0.15, -0.1) is 0 Å². The first-order chi connectivity index (χ1) is 9.19. The van der Waals surface area contributed by atoms with E-state index in [0.717, 1.165) is 34.6 Å². The van der Waals surface area contributed by atoms with Crippen LogP contribution in [0, 0.1) is 6.92 Å². The molecule has 1 aromatic heterocycles. The summed E-state index contributed by atoms with van der Waals surface area (Å²) < 4.78 is 5.24. The van der Waals surface area contributed by atoms with Crippen LogP contribution in [0.15, 0.2) is 24.3 Å². The smallest absolute Gasteiger partial charge is 0.121 e. The monoisotopic (exact) mass is 260 g/mol. The molecule has 19 heavy (non-hydrogen) atoms. The standard InChI is InChI=1S/C15H20N2O2/c1-4-17(7-8-18)15-9-11(2)16-14-10-12(19-3)5-6-13(14)15/h5-6,9-10,18H,4,7-8H2,1-3H3. The van der Waals surface area contributed by atoms with Crippen molar-refractivity contribution in [1.29, 1.82) is 0 Å². The second kappa shape index (κ2) is 5.89. The number of likely N-dealkylation sites (N-methyl/N-ethyl adjacent to an activating group) is 1. The van der Waals surface area contributed by atoms with Crippen LogP contribution in [0.1, 0.15) is 12.6 Å². The average Bonchev–Trinajstić information content (AvgIpc) is 2.43. The van der Waals surface area contributed by atoms with Crippen molar-refractivity contribution in [3.8, 4) is 5.75 Å². The lowest BCUT2D eigenvalue weighted by Crippen LogP contribution is -2.26. The molecular formula is C15H20N2O2. The van der Waals surface area contributed by atoms with E-state index in [2.05, 4.69) is 22.9 Å². The van der Waals surface area contributed by atoms with Crippen molar-refractivity contribution >= 4 is 16.6 Å². The molecule has 2 rings (SSSR count). The van der Waals surface area contributed by atoms with Crippen molar-refractivity contribution in [3.63, 3.8) is 0 Å². The van der Waals surface area contributed by atoms with Crippen LogP contribution in [0.2, 0.25) is 0 Å². The fraction of sp³-hybridized carbons (Fsp3) is 0.400. The Balaban J connectivity index is 2.59. The third-order valence-electron chi connectivity index (χ3n) is 3.22. The van der Waals surface area contributed by atoms with E-state index in [1.54, 1.807) is 7.11 Å². The molecule has 0 saturated carbocycles. The molecule has 4 nitrogen and oxygen atoms in total. The van der Waals surface area contributed by atoms with E-state index in [1.165, 1.54) is 0 Å². The van der Waals surface area contributed by atoms with Crippen LogP contribution in [0.4, 0.5) is 5.69 Å². The molecular weight excluding hydrogens is 240 g/mol. The predicted molar refractivity (Wildman–Crippen MR) is 78.0 cm³/mol. The maximum Gasteiger partial charge on any atom is 0.121 e. The van der Waals surface area contributed by atoms with Crippen LogP contribution in [-0.2, 0) is 0 Å². The van der Waals surface area contributed by atoms with Gasteiger partial charge < -0.3 is 14.7 Å². The Morgan fingerprint density at radius 1 is 1.32 bits per heavy atom. The second-order valence-electron chi connectivity index (χ2n) is 4.47. The Kier molecular flexibility index (Phi) is 4.22. The summed E-state index contributed by atoms with van der Waals surface area (Å²) in [6, 6.07) is 7.97. The molecule has 0 saturated heterocycles. The normalized spacial score (nSPS) is 10.7. The van der Waals surface area contributed by atoms with Crippen LogP contribution in [-0.4, -0.2) is 36.9 Å². The Labute approximate surface area is 113 Å². The van der Waals surface area contributed by atoms with Crippen molar-refractivity contribution < 1.29 is 9.84 Å². The van der Waals surface area contributed by atoms with Gasteiger partial charge in [0.05, 0.1) is 19.2 Å². The molecule has 1 N–H and O–H groups in total. The molecule has 1 heterocycles. The lowest BCUT2D eigenvalue weighted by atomic mass is 10.1. The number of hydrogen-bond acceptors (Lipinski definition) is 4. The fourth-order valence-electron chi connectivity index (χ4n) is 2.28. The van der Waals surface area contributed by atoms with E-state index < -0.39 is 0 Å². The highest BCUT2D eigenvalue weighted by atomic mass is 16.5. The van der Waals surface area contributed by atoms with E-state index in [-0.39, 0.29) is 6.61 Å². The molecule has 0 bridgehead atoms. The third kappa shape index (κ3) is 2.79. The van der Waals surface area contributed by atoms with Gasteiger partial charge in [0.25, 0.3) is 0 Å². The zero-order chi connectivity index (χ0) is 13.8. The summed E-state index contributed by atoms with van der Waals surface area (Å²) >= 11 is 0. The van der Waals surface area contributed by atoms with Gasteiger partial charge in [0, 0.05) is 35.9 Å². The molecule has 0 unspecified atom stereocenters. The van der Waals surface area contributed by atoms with Crippen molar-refractivity contribution in [3.05, 3.63) is 30.0 Å². The van der Waals surface area contributed by atoms with E-state index in [0.29, 0.717) is 6.54 Å². The number of fused-ring (bicyclic) bond motifs is 1. The molecule has 0 spiro atoms. The number of pyridine rings is 1. The van der Waals surface area contributed by atoms with Gasteiger partial charge in [-0.05, 0) is 32.0 Å². The third-order valence-corrected chi connectivity index (χ3v) is 3.22. The van der Waals surface area contributed by atoms with Gasteiger partial charge in [-0.3, -0.25) is 4.98 Å². The lowest BCUT2D eigenvalue weighted by Gasteiger charge is -2.24. The number of hydrogen-bond donors (Lipinski definition) is 1. The summed E-state index contributed by atoms with van der Waals surface area (Å²) in [6.07, 6.45) is 0. The Hall–Kier alpha value is -1.81. The summed E-state index contributed by atoms with van der Waals surface area (Å²) in [6.45, 7) is 5.69. The Bertz CT molecular complexity index is 569. The Morgan fingerprint density at radius 3 is 2.74 bits per heavy atom. The van der Waals surface area contributed by atoms with Gasteiger partial charge in [0.1, 0.15) is 5.75 Å². The molecule has 0 amide bonds. The van der Waals surface area contributed by atoms with Crippen LogP contribution in [0.5, 0.6) is 5.75 Å². The first kappa shape index (κ1) is 13.6. The van der Waals surface area contributed by atoms with Gasteiger partial charge in [0.2, 0.25) is 0 Å². The molecule has 0 aliphatic heterocycles. The average molecular weight is 260 g/mol. The highest BCUT2D eigenvalue weighted by Gasteiger charge is 2.10. The first-order valence-electron chi connectivity index (χ1n) is 6.50. The van der Waals surface area contributed by atoms with Gasteiger partial charge in [-0.1, -0.05) is 0 Å². The fourth-order valence-corrected chi connectivity index (χ4v) is 2.28. The molecule has 0 aliphatic rings. The summed E-state index contributed by atoms with van der Waals surface area (Å²) in [5, 5.41) is 10.3. The highest BCUT2D eigenvalue weighted by Crippen LogP contribution is 2.29. The lowest BCUT2D eigenvalue weighted by molar-refractivity contribution is 0.302. The van der Waals surface area contributed by atoms with Crippen molar-refractivity contribution in [2.24, 2.45) is 0 Å². The summed E-state index contributed by atoms with van der Waals surface area (Å²) in [5.41, 5.74) is 3.00. The molecule has 0 fully saturated rings. The maximum atomic E-state index is 9.18. The summed E-state index contributed by atoms with van der Waals surface area (Å²) in [5.74, 6) is 0.807. The number of ether oxygens (including phenoxy) is 1. The van der Waals surface area contributed by atoms with E-state index in [1.807, 2.05) is 25.1 Å². The van der Waals surface area contributed by atoms with Crippen LogP contribution < -0.4 is 9.64 Å². The number of aryl methyl sites for hydroxylation is 1. The second-order valence-corrected chi connectivity index (χ2v) is 4.47. The zero-order valence-electron chi connectivity index (χ0n) is 11.7. The molecule has 0 atom stereocenters. The van der Waals surface area contributed by atoms with E-state index >= 15 is 0 Å². The van der Waals surface area contributed by atoms with Gasteiger partial charge in [-0.25, -0.2) is 0 Å². The van der Waals surface area contributed by atoms with E-state index in [4.69, 9.17) is 4.74 Å². The SMILES string of the molecule is CCN(CCO)c1cc(C)nc2cc(OC)ccc12. The van der Waals surface area contributed by atoms with E-state index in [9.17, 15) is 5.11 Å². The maximum absolute atomic E-state index is 9.18. The topological polar surface area (TPSA) is 45.6 Å². The summed E-state index contributed by atoms with van der Waals surface area (Å²) in [7, 11) is 1.65. The van der Waals surface area contributed by atoms with Gasteiger partial charge >= 0.3 is 0 Å². The molecule has 1 aromatic carbocycles. The zero-order valence-corrected chi connectivity index (χ0v) is 11.7. The largest absolute Gasteiger partial charge is 0.497 e.